The molecule has 3 heterocycles. The largest absolute Gasteiger partial charge is 0.493 e. The first-order chi connectivity index (χ1) is 16.2. The summed E-state index contributed by atoms with van der Waals surface area (Å²) in [5.41, 5.74) is 3.92. The number of aromatic nitrogens is 4. The zero-order valence-electron chi connectivity index (χ0n) is 18.6. The number of carbonyl (C=O) groups is 1. The summed E-state index contributed by atoms with van der Waals surface area (Å²) >= 11 is 0. The molecule has 1 unspecified atom stereocenters. The Balaban J connectivity index is 1.36. The van der Waals surface area contributed by atoms with Crippen molar-refractivity contribution in [2.45, 2.75) is 25.4 Å². The molecule has 1 fully saturated rings. The lowest BCUT2D eigenvalue weighted by molar-refractivity contribution is -0.120. The van der Waals surface area contributed by atoms with Gasteiger partial charge in [-0.2, -0.15) is 5.10 Å². The van der Waals surface area contributed by atoms with E-state index in [1.54, 1.807) is 20.4 Å². The van der Waals surface area contributed by atoms with E-state index in [0.717, 1.165) is 37.0 Å². The van der Waals surface area contributed by atoms with Crippen LogP contribution in [0.25, 0.3) is 22.6 Å². The second-order valence-electron chi connectivity index (χ2n) is 8.07. The molecule has 1 atom stereocenters. The molecule has 0 saturated carbocycles. The number of hydrogen-bond donors (Lipinski definition) is 3. The maximum Gasteiger partial charge on any atom is 0.241 e. The minimum atomic E-state index is -0.183. The number of carbonyl (C=O) groups excluding carboxylic acids is 1. The van der Waals surface area contributed by atoms with E-state index >= 15 is 0 Å². The Labute approximate surface area is 191 Å². The third kappa shape index (κ3) is 4.14. The Kier molecular flexibility index (Phi) is 5.70. The second kappa shape index (κ2) is 8.95. The van der Waals surface area contributed by atoms with Crippen molar-refractivity contribution >= 4 is 22.6 Å². The Morgan fingerprint density at radius 1 is 1.18 bits per heavy atom. The maximum atomic E-state index is 13.2. The van der Waals surface area contributed by atoms with Gasteiger partial charge < -0.3 is 19.8 Å². The van der Waals surface area contributed by atoms with Crippen LogP contribution in [0, 0.1) is 0 Å². The Bertz CT molecular complexity index is 1220. The predicted octanol–water partition coefficient (Wildman–Crippen LogP) is 3.57. The molecular weight excluding hydrogens is 420 g/mol. The Morgan fingerprint density at radius 2 is 1.97 bits per heavy atom. The summed E-state index contributed by atoms with van der Waals surface area (Å²) in [6.07, 6.45) is 3.44. The zero-order valence-corrected chi connectivity index (χ0v) is 18.6. The van der Waals surface area contributed by atoms with Gasteiger partial charge in [-0.05, 0) is 24.9 Å². The van der Waals surface area contributed by atoms with E-state index in [0.29, 0.717) is 28.7 Å². The summed E-state index contributed by atoms with van der Waals surface area (Å²) in [7, 11) is 3.18. The molecule has 0 spiro atoms. The predicted molar refractivity (Wildman–Crippen MR) is 125 cm³/mol. The first-order valence-corrected chi connectivity index (χ1v) is 10.9. The van der Waals surface area contributed by atoms with Crippen LogP contribution in [0.3, 0.4) is 0 Å². The molecule has 9 heteroatoms. The monoisotopic (exact) mass is 446 g/mol. The molecule has 33 heavy (non-hydrogen) atoms. The smallest absolute Gasteiger partial charge is 0.241 e. The molecule has 2 aromatic carbocycles. The lowest BCUT2D eigenvalue weighted by Crippen LogP contribution is -2.39. The van der Waals surface area contributed by atoms with E-state index in [-0.39, 0.29) is 11.9 Å². The number of hydrogen-bond acceptors (Lipinski definition) is 6. The zero-order chi connectivity index (χ0) is 22.8. The molecule has 4 aromatic rings. The molecule has 9 nitrogen and oxygen atoms in total. The summed E-state index contributed by atoms with van der Waals surface area (Å²) in [4.78, 5) is 23.3. The van der Waals surface area contributed by atoms with E-state index in [4.69, 9.17) is 9.47 Å². The molecule has 3 N–H and O–H groups in total. The SMILES string of the molecule is COc1cc2nc(-c3[nH]ncc3NC(=O)C3CCCN3Cc3ccccc3)[nH]c2cc1OC. The van der Waals surface area contributed by atoms with Crippen molar-refractivity contribution in [1.82, 2.24) is 25.1 Å². The minimum absolute atomic E-state index is 0.0365. The van der Waals surface area contributed by atoms with Gasteiger partial charge in [0.25, 0.3) is 0 Å². The highest BCUT2D eigenvalue weighted by molar-refractivity contribution is 5.98. The minimum Gasteiger partial charge on any atom is -0.493 e. The van der Waals surface area contributed by atoms with Crippen molar-refractivity contribution < 1.29 is 14.3 Å². The Hall–Kier alpha value is -3.85. The molecule has 5 rings (SSSR count). The van der Waals surface area contributed by atoms with Crippen molar-refractivity contribution in [1.29, 1.82) is 0 Å². The fraction of sp³-hybridized carbons (Fsp3) is 0.292. The summed E-state index contributed by atoms with van der Waals surface area (Å²) in [6, 6.07) is 13.7. The highest BCUT2D eigenvalue weighted by Crippen LogP contribution is 2.33. The number of nitrogens with one attached hydrogen (secondary N) is 3. The lowest BCUT2D eigenvalue weighted by Gasteiger charge is -2.23. The van der Waals surface area contributed by atoms with Crippen molar-refractivity contribution in [3.63, 3.8) is 0 Å². The molecule has 0 aliphatic carbocycles. The number of nitrogens with zero attached hydrogens (tertiary/aromatic N) is 3. The van der Waals surface area contributed by atoms with Crippen LogP contribution in [-0.4, -0.2) is 57.8 Å². The van der Waals surface area contributed by atoms with Crippen LogP contribution in [0.15, 0.2) is 48.7 Å². The second-order valence-corrected chi connectivity index (χ2v) is 8.07. The fourth-order valence-electron chi connectivity index (χ4n) is 4.36. The number of rotatable bonds is 7. The molecule has 1 saturated heterocycles. The van der Waals surface area contributed by atoms with Crippen molar-refractivity contribution in [3.05, 3.63) is 54.2 Å². The van der Waals surface area contributed by atoms with Gasteiger partial charge in [-0.1, -0.05) is 30.3 Å². The number of H-pyrrole nitrogens is 2. The van der Waals surface area contributed by atoms with Gasteiger partial charge in [0, 0.05) is 18.7 Å². The molecule has 0 bridgehead atoms. The van der Waals surface area contributed by atoms with Crippen LogP contribution in [-0.2, 0) is 11.3 Å². The van der Waals surface area contributed by atoms with Gasteiger partial charge in [-0.3, -0.25) is 14.8 Å². The van der Waals surface area contributed by atoms with Crippen LogP contribution in [0.4, 0.5) is 5.69 Å². The number of ether oxygens (including phenoxy) is 2. The van der Waals surface area contributed by atoms with Crippen LogP contribution in [0.2, 0.25) is 0 Å². The number of benzene rings is 2. The van der Waals surface area contributed by atoms with Crippen LogP contribution >= 0.6 is 0 Å². The van der Waals surface area contributed by atoms with Crippen LogP contribution in [0.1, 0.15) is 18.4 Å². The summed E-state index contributed by atoms with van der Waals surface area (Å²) in [6.45, 7) is 1.66. The molecule has 1 aliphatic heterocycles. The quantitative estimate of drug-likeness (QED) is 0.401. The number of methoxy groups -OCH3 is 2. The molecule has 0 radical (unpaired) electrons. The van der Waals surface area contributed by atoms with Crippen molar-refractivity contribution in [2.75, 3.05) is 26.1 Å². The van der Waals surface area contributed by atoms with Crippen molar-refractivity contribution in [3.8, 4) is 23.0 Å². The highest BCUT2D eigenvalue weighted by atomic mass is 16.5. The van der Waals surface area contributed by atoms with E-state index in [1.165, 1.54) is 5.56 Å². The highest BCUT2D eigenvalue weighted by Gasteiger charge is 2.31. The van der Waals surface area contributed by atoms with Gasteiger partial charge in [-0.15, -0.1) is 0 Å². The topological polar surface area (TPSA) is 108 Å². The van der Waals surface area contributed by atoms with Gasteiger partial charge >= 0.3 is 0 Å². The Morgan fingerprint density at radius 3 is 2.76 bits per heavy atom. The molecule has 1 aliphatic rings. The first-order valence-electron chi connectivity index (χ1n) is 10.9. The van der Waals surface area contributed by atoms with Gasteiger partial charge in [-0.25, -0.2) is 4.98 Å². The first kappa shape index (κ1) is 21.0. The number of amides is 1. The number of anilines is 1. The third-order valence-electron chi connectivity index (χ3n) is 6.02. The van der Waals surface area contributed by atoms with E-state index < -0.39 is 0 Å². The molecule has 170 valence electrons. The summed E-state index contributed by atoms with van der Waals surface area (Å²) in [5.74, 6) is 1.74. The summed E-state index contributed by atoms with van der Waals surface area (Å²) < 4.78 is 10.7. The van der Waals surface area contributed by atoms with Gasteiger partial charge in [0.15, 0.2) is 17.3 Å². The number of imidazole rings is 1. The molecular formula is C24H26N6O3. The van der Waals surface area contributed by atoms with E-state index in [1.807, 2.05) is 30.3 Å². The normalized spacial score (nSPS) is 16.2. The molecule has 1 amide bonds. The number of likely N-dealkylation sites (tertiary alicyclic amines) is 1. The van der Waals surface area contributed by atoms with Crippen molar-refractivity contribution in [2.24, 2.45) is 0 Å². The van der Waals surface area contributed by atoms with Gasteiger partial charge in [0.05, 0.1) is 43.2 Å². The third-order valence-corrected chi connectivity index (χ3v) is 6.02. The van der Waals surface area contributed by atoms with E-state index in [9.17, 15) is 4.79 Å². The lowest BCUT2D eigenvalue weighted by atomic mass is 10.1. The van der Waals surface area contributed by atoms with Gasteiger partial charge in [0.2, 0.25) is 5.91 Å². The summed E-state index contributed by atoms with van der Waals surface area (Å²) in [5, 5.41) is 10.1. The van der Waals surface area contributed by atoms with Crippen LogP contribution in [0.5, 0.6) is 11.5 Å². The standard InChI is InChI=1S/C24H26N6O3/c1-32-20-11-16-17(12-21(20)33-2)27-23(26-16)22-18(13-25-29-22)28-24(31)19-9-6-10-30(19)14-15-7-4-3-5-8-15/h3-5,7-8,11-13,19H,6,9-10,14H2,1-2H3,(H,25,29)(H,26,27)(H,28,31). The number of fused-ring (bicyclic) bond motifs is 1. The number of aromatic amines is 2. The average molecular weight is 447 g/mol. The molecule has 2 aromatic heterocycles. The average Bonchev–Trinajstić information content (AvgIpc) is 3.57. The fourth-order valence-corrected chi connectivity index (χ4v) is 4.36. The van der Waals surface area contributed by atoms with Gasteiger partial charge in [0.1, 0.15) is 5.69 Å². The maximum absolute atomic E-state index is 13.2. The van der Waals surface area contributed by atoms with E-state index in [2.05, 4.69) is 42.5 Å². The van der Waals surface area contributed by atoms with Crippen LogP contribution < -0.4 is 14.8 Å².